The molecule has 0 spiro atoms. The molecule has 3 N–H and O–H groups in total. The second-order valence-electron chi connectivity index (χ2n) is 5.31. The van der Waals surface area contributed by atoms with E-state index >= 15 is 0 Å². The Morgan fingerprint density at radius 3 is 2.59 bits per heavy atom. The summed E-state index contributed by atoms with van der Waals surface area (Å²) in [7, 11) is 1.45. The number of hydrogen-bond acceptors (Lipinski definition) is 4. The maximum absolute atomic E-state index is 13.0. The molecule has 0 aromatic heterocycles. The van der Waals surface area contributed by atoms with Crippen molar-refractivity contribution in [2.45, 2.75) is 19.8 Å². The third-order valence-electron chi connectivity index (χ3n) is 2.80. The van der Waals surface area contributed by atoms with Crippen LogP contribution in [-0.4, -0.2) is 38.6 Å². The smallest absolute Gasteiger partial charge is 0.277 e. The number of benzene rings is 1. The van der Waals surface area contributed by atoms with Crippen molar-refractivity contribution < 1.29 is 23.0 Å². The van der Waals surface area contributed by atoms with Crippen molar-refractivity contribution in [1.82, 2.24) is 5.32 Å². The number of carbonyl (C=O) groups is 1. The van der Waals surface area contributed by atoms with Crippen molar-refractivity contribution in [2.75, 3.05) is 26.8 Å². The molecule has 0 saturated carbocycles. The molecule has 1 aromatic rings. The SMILES string of the molecule is COc1cc(C(=O)NCC(F)(F)CN)ccc1OCC(C)C. The van der Waals surface area contributed by atoms with E-state index < -0.39 is 24.9 Å². The highest BCUT2D eigenvalue weighted by atomic mass is 19.3. The minimum atomic E-state index is -3.12. The van der Waals surface area contributed by atoms with Gasteiger partial charge in [-0.25, -0.2) is 8.78 Å². The number of nitrogens with one attached hydrogen (secondary N) is 1. The van der Waals surface area contributed by atoms with Crippen molar-refractivity contribution in [3.8, 4) is 11.5 Å². The standard InChI is InChI=1S/C15H22F2N2O3/c1-10(2)7-22-12-5-4-11(6-13(12)21-3)14(20)19-9-15(16,17)8-18/h4-6,10H,7-9,18H2,1-3H3,(H,19,20). The van der Waals surface area contributed by atoms with Gasteiger partial charge in [-0.1, -0.05) is 13.8 Å². The van der Waals surface area contributed by atoms with Crippen molar-refractivity contribution in [2.24, 2.45) is 11.7 Å². The summed E-state index contributed by atoms with van der Waals surface area (Å²) in [5.74, 6) is -2.54. The Balaban J connectivity index is 2.77. The van der Waals surface area contributed by atoms with Crippen LogP contribution in [0, 0.1) is 5.92 Å². The molecule has 0 fully saturated rings. The number of hydrogen-bond donors (Lipinski definition) is 2. The fourth-order valence-electron chi connectivity index (χ4n) is 1.57. The molecule has 22 heavy (non-hydrogen) atoms. The molecular weight excluding hydrogens is 294 g/mol. The van der Waals surface area contributed by atoms with Crippen molar-refractivity contribution >= 4 is 5.91 Å². The first-order chi connectivity index (χ1) is 10.3. The Hall–Kier alpha value is -1.89. The number of carbonyl (C=O) groups excluding carboxylic acids is 1. The zero-order valence-electron chi connectivity index (χ0n) is 13.0. The Kier molecular flexibility index (Phi) is 6.55. The zero-order chi connectivity index (χ0) is 16.8. The van der Waals surface area contributed by atoms with E-state index in [1.807, 2.05) is 13.8 Å². The van der Waals surface area contributed by atoms with Gasteiger partial charge >= 0.3 is 0 Å². The first-order valence-corrected chi connectivity index (χ1v) is 6.96. The first kappa shape index (κ1) is 18.2. The number of methoxy groups -OCH3 is 1. The van der Waals surface area contributed by atoms with Crippen LogP contribution < -0.4 is 20.5 Å². The molecule has 1 rings (SSSR count). The van der Waals surface area contributed by atoms with Gasteiger partial charge in [0.2, 0.25) is 0 Å². The summed E-state index contributed by atoms with van der Waals surface area (Å²) in [5.41, 5.74) is 5.13. The molecule has 0 saturated heterocycles. The van der Waals surface area contributed by atoms with Crippen LogP contribution in [0.25, 0.3) is 0 Å². The van der Waals surface area contributed by atoms with Crippen LogP contribution in [0.5, 0.6) is 11.5 Å². The van der Waals surface area contributed by atoms with Gasteiger partial charge in [-0.05, 0) is 24.1 Å². The maximum atomic E-state index is 13.0. The Morgan fingerprint density at radius 2 is 2.05 bits per heavy atom. The van der Waals surface area contributed by atoms with Crippen molar-refractivity contribution in [3.05, 3.63) is 23.8 Å². The van der Waals surface area contributed by atoms with Crippen LogP contribution in [-0.2, 0) is 0 Å². The largest absolute Gasteiger partial charge is 0.493 e. The van der Waals surface area contributed by atoms with Gasteiger partial charge in [0.1, 0.15) is 0 Å². The van der Waals surface area contributed by atoms with Gasteiger partial charge in [0.15, 0.2) is 11.5 Å². The monoisotopic (exact) mass is 316 g/mol. The molecule has 0 heterocycles. The summed E-state index contributed by atoms with van der Waals surface area (Å²) in [4.78, 5) is 11.9. The Morgan fingerprint density at radius 1 is 1.36 bits per heavy atom. The lowest BCUT2D eigenvalue weighted by atomic mass is 10.1. The summed E-state index contributed by atoms with van der Waals surface area (Å²) in [6.07, 6.45) is 0. The highest BCUT2D eigenvalue weighted by molar-refractivity contribution is 5.94. The third-order valence-corrected chi connectivity index (χ3v) is 2.80. The minimum Gasteiger partial charge on any atom is -0.493 e. The van der Waals surface area contributed by atoms with E-state index in [4.69, 9.17) is 15.2 Å². The summed E-state index contributed by atoms with van der Waals surface area (Å²) in [6.45, 7) is 2.89. The van der Waals surface area contributed by atoms with Crippen LogP contribution >= 0.6 is 0 Å². The molecule has 1 amide bonds. The minimum absolute atomic E-state index is 0.210. The number of rotatable bonds is 8. The quantitative estimate of drug-likeness (QED) is 0.770. The van der Waals surface area contributed by atoms with Gasteiger partial charge in [0.25, 0.3) is 11.8 Å². The molecule has 0 unspecified atom stereocenters. The van der Waals surface area contributed by atoms with Gasteiger partial charge in [0.05, 0.1) is 26.8 Å². The van der Waals surface area contributed by atoms with Crippen LogP contribution in [0.3, 0.4) is 0 Å². The normalized spacial score (nSPS) is 11.4. The molecule has 1 aromatic carbocycles. The molecule has 124 valence electrons. The first-order valence-electron chi connectivity index (χ1n) is 6.96. The van der Waals surface area contributed by atoms with Crippen LogP contribution in [0.1, 0.15) is 24.2 Å². The summed E-state index contributed by atoms with van der Waals surface area (Å²) >= 11 is 0. The van der Waals surface area contributed by atoms with Crippen molar-refractivity contribution in [1.29, 1.82) is 0 Å². The lowest BCUT2D eigenvalue weighted by Gasteiger charge is -2.16. The average molecular weight is 316 g/mol. The second kappa shape index (κ2) is 7.93. The molecule has 0 aliphatic rings. The summed E-state index contributed by atoms with van der Waals surface area (Å²) < 4.78 is 36.8. The molecule has 5 nitrogen and oxygen atoms in total. The number of nitrogens with two attached hydrogens (primary N) is 1. The van der Waals surface area contributed by atoms with Crippen LogP contribution in [0.2, 0.25) is 0 Å². The van der Waals surface area contributed by atoms with E-state index in [1.54, 1.807) is 6.07 Å². The topological polar surface area (TPSA) is 73.6 Å². The van der Waals surface area contributed by atoms with E-state index in [9.17, 15) is 13.6 Å². The lowest BCUT2D eigenvalue weighted by molar-refractivity contribution is 0.0118. The van der Waals surface area contributed by atoms with Crippen molar-refractivity contribution in [3.63, 3.8) is 0 Å². The van der Waals surface area contributed by atoms with Gasteiger partial charge in [0, 0.05) is 5.56 Å². The number of halogens is 2. The fourth-order valence-corrected chi connectivity index (χ4v) is 1.57. The number of alkyl halides is 2. The number of ether oxygens (including phenoxy) is 2. The average Bonchev–Trinajstić information content (AvgIpc) is 2.50. The molecule has 0 radical (unpaired) electrons. The van der Waals surface area contributed by atoms with Gasteiger partial charge < -0.3 is 20.5 Å². The van der Waals surface area contributed by atoms with Gasteiger partial charge in [-0.3, -0.25) is 4.79 Å². The molecular formula is C15H22F2N2O3. The molecule has 0 aliphatic carbocycles. The van der Waals surface area contributed by atoms with Crippen LogP contribution in [0.4, 0.5) is 8.78 Å². The highest BCUT2D eigenvalue weighted by Crippen LogP contribution is 2.28. The summed E-state index contributed by atoms with van der Waals surface area (Å²) in [5, 5.41) is 2.15. The second-order valence-corrected chi connectivity index (χ2v) is 5.31. The van der Waals surface area contributed by atoms with Gasteiger partial charge in [-0.2, -0.15) is 0 Å². The maximum Gasteiger partial charge on any atom is 0.277 e. The van der Waals surface area contributed by atoms with Crippen LogP contribution in [0.15, 0.2) is 18.2 Å². The third kappa shape index (κ3) is 5.48. The molecule has 0 bridgehead atoms. The number of amides is 1. The van der Waals surface area contributed by atoms with E-state index in [0.29, 0.717) is 24.0 Å². The Bertz CT molecular complexity index is 508. The lowest BCUT2D eigenvalue weighted by Crippen LogP contribution is -2.41. The van der Waals surface area contributed by atoms with E-state index in [0.717, 1.165) is 0 Å². The predicted octanol–water partition coefficient (Wildman–Crippen LogP) is 2.05. The molecule has 0 aliphatic heterocycles. The van der Waals surface area contributed by atoms with Gasteiger partial charge in [-0.15, -0.1) is 0 Å². The predicted molar refractivity (Wildman–Crippen MR) is 79.7 cm³/mol. The Labute approximate surface area is 128 Å². The zero-order valence-corrected chi connectivity index (χ0v) is 13.0. The van der Waals surface area contributed by atoms with E-state index in [-0.39, 0.29) is 5.56 Å². The highest BCUT2D eigenvalue weighted by Gasteiger charge is 2.27. The fraction of sp³-hybridized carbons (Fsp3) is 0.533. The summed E-state index contributed by atoms with van der Waals surface area (Å²) in [6, 6.07) is 4.52. The molecule has 0 atom stereocenters. The van der Waals surface area contributed by atoms with E-state index in [1.165, 1.54) is 19.2 Å². The molecule has 7 heteroatoms. The van der Waals surface area contributed by atoms with E-state index in [2.05, 4.69) is 5.32 Å².